The quantitative estimate of drug-likeness (QED) is 0.265. The van der Waals surface area contributed by atoms with Crippen molar-refractivity contribution in [1.29, 1.82) is 0 Å². The molecule has 5 rings (SSSR count). The third-order valence-corrected chi connectivity index (χ3v) is 9.00. The molecule has 0 spiro atoms. The maximum Gasteiger partial charge on any atom is 0.222 e. The van der Waals surface area contributed by atoms with E-state index >= 15 is 0 Å². The number of hydrogen-bond donors (Lipinski definition) is 2. The van der Waals surface area contributed by atoms with Gasteiger partial charge in [0.2, 0.25) is 23.0 Å². The average molecular weight is 655 g/mol. The number of methoxy groups -OCH3 is 3. The number of nitrogens with zero attached hydrogens (tertiary/aromatic N) is 2. The zero-order chi connectivity index (χ0) is 34.0. The van der Waals surface area contributed by atoms with Crippen LogP contribution in [-0.4, -0.2) is 82.2 Å². The fourth-order valence-electron chi connectivity index (χ4n) is 6.56. The molecule has 0 aromatic heterocycles. The van der Waals surface area contributed by atoms with Crippen LogP contribution < -0.4 is 30.3 Å². The molecule has 3 aromatic carbocycles. The predicted molar refractivity (Wildman–Crippen MR) is 189 cm³/mol. The lowest BCUT2D eigenvalue weighted by Gasteiger charge is -2.34. The largest absolute Gasteiger partial charge is 0.493 e. The van der Waals surface area contributed by atoms with Crippen molar-refractivity contribution in [3.8, 4) is 28.4 Å². The van der Waals surface area contributed by atoms with Gasteiger partial charge in [-0.25, -0.2) is 0 Å². The molecule has 2 aliphatic rings. The molecule has 0 bridgehead atoms. The smallest absolute Gasteiger partial charge is 0.222 e. The second kappa shape index (κ2) is 16.3. The molecule has 0 unspecified atom stereocenters. The van der Waals surface area contributed by atoms with Gasteiger partial charge < -0.3 is 29.7 Å². The van der Waals surface area contributed by atoms with Gasteiger partial charge in [0.15, 0.2) is 11.5 Å². The Balaban J connectivity index is 1.24. The van der Waals surface area contributed by atoms with Crippen LogP contribution in [0.15, 0.2) is 65.5 Å². The first kappa shape index (κ1) is 34.5. The number of piperazine rings is 1. The number of rotatable bonds is 12. The minimum absolute atomic E-state index is 0.134. The lowest BCUT2D eigenvalue weighted by Crippen LogP contribution is -2.48. The summed E-state index contributed by atoms with van der Waals surface area (Å²) >= 11 is 0. The van der Waals surface area contributed by atoms with Crippen LogP contribution in [0, 0.1) is 0 Å². The monoisotopic (exact) mass is 654 g/mol. The minimum atomic E-state index is -0.377. The average Bonchev–Trinajstić information content (AvgIpc) is 3.34. The Morgan fingerprint density at radius 3 is 2.38 bits per heavy atom. The van der Waals surface area contributed by atoms with E-state index in [1.807, 2.05) is 35.2 Å². The van der Waals surface area contributed by atoms with Gasteiger partial charge in [-0.1, -0.05) is 48.6 Å². The van der Waals surface area contributed by atoms with Crippen LogP contribution in [0.5, 0.6) is 17.2 Å². The molecule has 10 heteroatoms. The van der Waals surface area contributed by atoms with Crippen LogP contribution in [0.2, 0.25) is 0 Å². The molecule has 2 amide bonds. The number of amides is 2. The maximum absolute atomic E-state index is 13.6. The van der Waals surface area contributed by atoms with Gasteiger partial charge in [-0.2, -0.15) is 0 Å². The van der Waals surface area contributed by atoms with Crippen molar-refractivity contribution < 1.29 is 23.8 Å². The van der Waals surface area contributed by atoms with Crippen LogP contribution in [0.4, 0.5) is 5.69 Å². The number of nitrogens with one attached hydrogen (secondary N) is 2. The number of carbonyl (C=O) groups is 2. The molecule has 254 valence electrons. The Kier molecular flexibility index (Phi) is 11.7. The fourth-order valence-corrected chi connectivity index (χ4v) is 6.56. The van der Waals surface area contributed by atoms with Crippen molar-refractivity contribution in [3.05, 3.63) is 87.6 Å². The van der Waals surface area contributed by atoms with Gasteiger partial charge >= 0.3 is 0 Å². The number of hydrogen-bond acceptors (Lipinski definition) is 8. The van der Waals surface area contributed by atoms with Gasteiger partial charge in [-0.15, -0.1) is 0 Å². The molecule has 1 aliphatic heterocycles. The third kappa shape index (κ3) is 8.17. The lowest BCUT2D eigenvalue weighted by atomic mass is 9.95. The summed E-state index contributed by atoms with van der Waals surface area (Å²) in [5, 5.41) is 6.29. The minimum Gasteiger partial charge on any atom is -0.493 e. The molecule has 1 heterocycles. The molecule has 3 aromatic rings. The Labute approximate surface area is 282 Å². The molecule has 2 N–H and O–H groups in total. The zero-order valence-corrected chi connectivity index (χ0v) is 28.3. The summed E-state index contributed by atoms with van der Waals surface area (Å²) in [6.07, 6.45) is 6.52. The van der Waals surface area contributed by atoms with Gasteiger partial charge in [0, 0.05) is 58.2 Å². The Morgan fingerprint density at radius 1 is 0.938 bits per heavy atom. The number of anilines is 1. The van der Waals surface area contributed by atoms with Crippen molar-refractivity contribution in [2.75, 3.05) is 65.9 Å². The van der Waals surface area contributed by atoms with E-state index in [2.05, 4.69) is 39.8 Å². The van der Waals surface area contributed by atoms with Crippen LogP contribution in [-0.2, 0) is 16.0 Å². The van der Waals surface area contributed by atoms with Gasteiger partial charge in [-0.05, 0) is 59.7 Å². The second-order valence-corrected chi connectivity index (χ2v) is 12.1. The molecule has 1 aliphatic carbocycles. The molecule has 10 nitrogen and oxygen atoms in total. The van der Waals surface area contributed by atoms with Crippen molar-refractivity contribution in [1.82, 2.24) is 15.1 Å². The highest BCUT2D eigenvalue weighted by molar-refractivity contribution is 5.84. The highest BCUT2D eigenvalue weighted by Gasteiger charge is 2.29. The molecule has 1 fully saturated rings. The summed E-state index contributed by atoms with van der Waals surface area (Å²) < 4.78 is 17.1. The Bertz CT molecular complexity index is 1690. The predicted octanol–water partition coefficient (Wildman–Crippen LogP) is 4.91. The first-order valence-corrected chi connectivity index (χ1v) is 16.6. The van der Waals surface area contributed by atoms with Crippen LogP contribution in [0.3, 0.4) is 0 Å². The first-order chi connectivity index (χ1) is 23.3. The third-order valence-electron chi connectivity index (χ3n) is 9.00. The topological polar surface area (TPSA) is 109 Å². The summed E-state index contributed by atoms with van der Waals surface area (Å²) in [4.78, 5) is 43.0. The van der Waals surface area contributed by atoms with E-state index in [-0.39, 0.29) is 23.3 Å². The summed E-state index contributed by atoms with van der Waals surface area (Å²) in [5.74, 6) is 1.47. The molecule has 1 saturated heterocycles. The molecule has 0 saturated carbocycles. The van der Waals surface area contributed by atoms with Crippen LogP contribution in [0.25, 0.3) is 17.2 Å². The summed E-state index contributed by atoms with van der Waals surface area (Å²) in [5.41, 5.74) is 4.66. The van der Waals surface area contributed by atoms with Gasteiger partial charge in [0.25, 0.3) is 0 Å². The Morgan fingerprint density at radius 2 is 1.69 bits per heavy atom. The molecular weight excluding hydrogens is 608 g/mol. The molecule has 48 heavy (non-hydrogen) atoms. The Hall–Kier alpha value is -4.83. The van der Waals surface area contributed by atoms with E-state index in [4.69, 9.17) is 14.2 Å². The van der Waals surface area contributed by atoms with E-state index < -0.39 is 0 Å². The van der Waals surface area contributed by atoms with Crippen molar-refractivity contribution in [3.63, 3.8) is 0 Å². The number of carbonyl (C=O) groups excluding carboxylic acids is 2. The van der Waals surface area contributed by atoms with E-state index in [1.165, 1.54) is 12.5 Å². The van der Waals surface area contributed by atoms with E-state index in [9.17, 15) is 14.4 Å². The van der Waals surface area contributed by atoms with Gasteiger partial charge in [0.05, 0.1) is 33.1 Å². The van der Waals surface area contributed by atoms with Gasteiger partial charge in [-0.3, -0.25) is 19.3 Å². The van der Waals surface area contributed by atoms with Crippen LogP contribution in [0.1, 0.15) is 48.9 Å². The van der Waals surface area contributed by atoms with E-state index in [0.717, 1.165) is 36.3 Å². The lowest BCUT2D eigenvalue weighted by molar-refractivity contribution is -0.132. The zero-order valence-electron chi connectivity index (χ0n) is 28.3. The van der Waals surface area contributed by atoms with Crippen LogP contribution >= 0.6 is 0 Å². The SMILES string of the molecule is COc1cc2c(c(OC)c1OC)-c1ccc(NCCCC(=O)N3CCN(C/C=C/c4ccccc4)CC3)c(=O)cc1[C@@H](NC(C)=O)CC2. The molecule has 0 radical (unpaired) electrons. The molecule has 1 atom stereocenters. The van der Waals surface area contributed by atoms with E-state index in [1.54, 1.807) is 33.5 Å². The molecular formula is C38H46N4O6. The van der Waals surface area contributed by atoms with E-state index in [0.29, 0.717) is 73.8 Å². The van der Waals surface area contributed by atoms with Gasteiger partial charge in [0.1, 0.15) is 0 Å². The van der Waals surface area contributed by atoms with Crippen molar-refractivity contribution in [2.45, 2.75) is 38.6 Å². The number of aryl methyl sites for hydroxylation is 1. The number of benzene rings is 2. The normalized spacial score (nSPS) is 16.0. The maximum atomic E-state index is 13.6. The van der Waals surface area contributed by atoms with Crippen molar-refractivity contribution >= 4 is 23.6 Å². The van der Waals surface area contributed by atoms with Crippen molar-refractivity contribution in [2.24, 2.45) is 0 Å². The summed E-state index contributed by atoms with van der Waals surface area (Å²) in [6, 6.07) is 17.1. The second-order valence-electron chi connectivity index (χ2n) is 12.1. The highest BCUT2D eigenvalue weighted by Crippen LogP contribution is 2.50. The highest BCUT2D eigenvalue weighted by atomic mass is 16.5. The number of fused-ring (bicyclic) bond motifs is 3. The first-order valence-electron chi connectivity index (χ1n) is 16.6. The number of ether oxygens (including phenoxy) is 3. The summed E-state index contributed by atoms with van der Waals surface area (Å²) in [6.45, 7) is 5.94. The summed E-state index contributed by atoms with van der Waals surface area (Å²) in [7, 11) is 4.72. The standard InChI is InChI=1S/C38H46N4O6/c1-26(43)40-31-16-14-28-24-34(46-2)37(47-3)38(48-4)36(28)29-15-17-32(33(44)25-30(29)31)39-18-8-13-35(45)42-22-20-41(21-23-42)19-9-12-27-10-6-5-7-11-27/h5-7,9-12,15,17,24-25,31H,8,13-14,16,18-23H2,1-4H3,(H,39,44)(H,40,43)/b12-9+/t31-/m0/s1. The fraction of sp³-hybridized carbons (Fsp3) is 0.395.